The molecule has 0 aliphatic carbocycles. The van der Waals surface area contributed by atoms with Crippen LogP contribution in [0.2, 0.25) is 0 Å². The molecule has 0 fully saturated rings. The van der Waals surface area contributed by atoms with Crippen LogP contribution in [0.4, 0.5) is 28.4 Å². The van der Waals surface area contributed by atoms with Gasteiger partial charge in [0.15, 0.2) is 28.4 Å². The number of amides is 6. The second-order valence-electron chi connectivity index (χ2n) is 19.4. The molecule has 6 amide bonds. The van der Waals surface area contributed by atoms with Crippen LogP contribution in [0.1, 0.15) is 69.7 Å². The van der Waals surface area contributed by atoms with E-state index in [4.69, 9.17) is 30.1 Å². The van der Waals surface area contributed by atoms with Crippen molar-refractivity contribution in [2.75, 3.05) is 70.6 Å². The smallest absolute Gasteiger partial charge is 0.288 e. The Labute approximate surface area is 478 Å². The zero-order chi connectivity index (χ0) is 56.8. The average molecular weight is 1250 g/mol. The Bertz CT molecular complexity index is 3360. The lowest BCUT2D eigenvalue weighted by Crippen LogP contribution is -2.49. The van der Waals surface area contributed by atoms with Gasteiger partial charge in [-0.25, -0.2) is 0 Å². The highest BCUT2D eigenvalue weighted by atomic mass is 127. The van der Waals surface area contributed by atoms with Gasteiger partial charge in [0, 0.05) is 46.9 Å². The third-order valence-corrected chi connectivity index (χ3v) is 18.5. The average Bonchev–Trinajstić information content (AvgIpc) is 4.08. The van der Waals surface area contributed by atoms with E-state index in [9.17, 15) is 41.7 Å². The maximum Gasteiger partial charge on any atom is 0.288 e. The van der Waals surface area contributed by atoms with E-state index in [1.807, 2.05) is 67.2 Å². The zero-order valence-electron chi connectivity index (χ0n) is 43.7. The molecule has 79 heavy (non-hydrogen) atoms. The van der Waals surface area contributed by atoms with Crippen LogP contribution in [0.25, 0.3) is 0 Å². The van der Waals surface area contributed by atoms with Crippen molar-refractivity contribution in [3.05, 3.63) is 124 Å². The number of fused-ring (bicyclic) bond motifs is 5. The Balaban J connectivity index is 0.994. The van der Waals surface area contributed by atoms with Crippen LogP contribution in [0.3, 0.4) is 0 Å². The molecule has 0 aromatic heterocycles. The molecule has 3 atom stereocenters. The highest BCUT2D eigenvalue weighted by Crippen LogP contribution is 2.43. The third kappa shape index (κ3) is 13.7. The Morgan fingerprint density at radius 1 is 0.785 bits per heavy atom. The predicted molar refractivity (Wildman–Crippen MR) is 312 cm³/mol. The Kier molecular flexibility index (Phi) is 18.3. The van der Waals surface area contributed by atoms with Crippen LogP contribution in [0, 0.1) is 0 Å². The van der Waals surface area contributed by atoms with Crippen LogP contribution in [-0.4, -0.2) is 111 Å². The minimum absolute atomic E-state index is 0.0693. The fraction of sp³-hybridized carbons (Fsp3) is 0.333. The molecular weight excluding hydrogens is 1190 g/mol. The van der Waals surface area contributed by atoms with Gasteiger partial charge in [0.1, 0.15) is 13.2 Å². The van der Waals surface area contributed by atoms with Gasteiger partial charge in [-0.1, -0.05) is 61.4 Å². The number of nitrogens with zero attached hydrogens (tertiary/aromatic N) is 2. The van der Waals surface area contributed by atoms with E-state index in [0.717, 1.165) is 23.2 Å². The maximum atomic E-state index is 14.3. The number of hydrogen-bond donors (Lipinski definition) is 7. The summed E-state index contributed by atoms with van der Waals surface area (Å²) in [5.41, 5.74) is 5.41. The zero-order valence-corrected chi connectivity index (χ0v) is 48.3. The molecule has 25 heteroatoms. The van der Waals surface area contributed by atoms with Gasteiger partial charge in [0.2, 0.25) is 23.6 Å². The van der Waals surface area contributed by atoms with Crippen molar-refractivity contribution in [3.63, 3.8) is 0 Å². The van der Waals surface area contributed by atoms with Crippen molar-refractivity contribution in [3.8, 4) is 23.0 Å². The second kappa shape index (κ2) is 24.9. The van der Waals surface area contributed by atoms with Crippen LogP contribution in [0.5, 0.6) is 23.0 Å². The van der Waals surface area contributed by atoms with Crippen molar-refractivity contribution < 1.29 is 60.7 Å². The molecular formula is C54H59IN8O13S3. The number of ether oxygens (including phenoxy) is 4. The molecule has 0 saturated heterocycles. The summed E-state index contributed by atoms with van der Waals surface area (Å²) in [6.07, 6.45) is 3.55. The van der Waals surface area contributed by atoms with E-state index in [1.54, 1.807) is 59.5 Å². The lowest BCUT2D eigenvalue weighted by atomic mass is 10.1. The second-order valence-corrected chi connectivity index (χ2v) is 25.0. The number of benzene rings is 5. The van der Waals surface area contributed by atoms with E-state index in [-0.39, 0.29) is 98.6 Å². The number of rotatable bonds is 22. The Hall–Kier alpha value is -7.07. The first-order valence-corrected chi connectivity index (χ1v) is 30.0. The molecule has 7 N–H and O–H groups in total. The van der Waals surface area contributed by atoms with Gasteiger partial charge in [-0.05, 0) is 90.2 Å². The molecule has 5 aromatic rings. The van der Waals surface area contributed by atoms with E-state index in [0.29, 0.717) is 41.0 Å². The summed E-state index contributed by atoms with van der Waals surface area (Å²) in [5, 5.41) is 11.5. The molecule has 8 rings (SSSR count). The van der Waals surface area contributed by atoms with Crippen molar-refractivity contribution in [1.82, 2.24) is 16.0 Å². The van der Waals surface area contributed by atoms with Crippen LogP contribution in [0.15, 0.2) is 91.0 Å². The first-order chi connectivity index (χ1) is 37.7. The minimum atomic E-state index is -4.78. The largest absolute Gasteiger partial charge is 0.493 e. The molecule has 0 spiro atoms. The van der Waals surface area contributed by atoms with Crippen LogP contribution >= 0.6 is 22.9 Å². The molecule has 5 aromatic carbocycles. The molecule has 3 aliphatic rings. The number of carbonyl (C=O) groups is 6. The SMILES string of the molecule is COc1cc(C(=O)N2CCc3ccccc32)c(NI)cc1OCc1cc(COc2cc3c(cc2OC)C(=O)N2c4ccccc4C[C@H]2C(S(=O)(=O)O)N3)cc(NC(=O)CNC(=O)CNC(=O)CNC(=O)CCC(C)(C)S(C)=S)c1. The van der Waals surface area contributed by atoms with Crippen molar-refractivity contribution in [2.24, 2.45) is 0 Å². The molecule has 3 heterocycles. The predicted octanol–water partition coefficient (Wildman–Crippen LogP) is 5.59. The summed E-state index contributed by atoms with van der Waals surface area (Å²) >= 11 is 7.32. The first-order valence-electron chi connectivity index (χ1n) is 24.8. The number of hydrogen-bond acceptors (Lipinski definition) is 15. The quantitative estimate of drug-likeness (QED) is 0.0253. The molecule has 2 unspecified atom stereocenters. The number of methoxy groups -OCH3 is 2. The van der Waals surface area contributed by atoms with Gasteiger partial charge >= 0.3 is 0 Å². The summed E-state index contributed by atoms with van der Waals surface area (Å²) < 4.78 is 63.4. The van der Waals surface area contributed by atoms with Crippen molar-refractivity contribution in [2.45, 2.75) is 68.9 Å². The molecule has 418 valence electrons. The lowest BCUT2D eigenvalue weighted by Gasteiger charge is -2.27. The normalized spacial score (nSPS) is 15.7. The number of para-hydroxylation sites is 2. The Morgan fingerprint density at radius 3 is 1.99 bits per heavy atom. The first kappa shape index (κ1) is 58.1. The van der Waals surface area contributed by atoms with E-state index >= 15 is 0 Å². The molecule has 0 bridgehead atoms. The third-order valence-electron chi connectivity index (χ3n) is 13.7. The number of nitrogens with one attached hydrogen (secondary N) is 6. The van der Waals surface area contributed by atoms with Gasteiger partial charge in [-0.2, -0.15) is 8.42 Å². The van der Waals surface area contributed by atoms with E-state index < -0.39 is 58.3 Å². The van der Waals surface area contributed by atoms with E-state index in [2.05, 4.69) is 30.1 Å². The van der Waals surface area contributed by atoms with Gasteiger partial charge in [0.05, 0.1) is 85.3 Å². The Morgan fingerprint density at radius 2 is 1.37 bits per heavy atom. The fourth-order valence-corrected chi connectivity index (χ4v) is 11.3. The topological polar surface area (TPSA) is 272 Å². The van der Waals surface area contributed by atoms with Gasteiger partial charge < -0.3 is 58.9 Å². The van der Waals surface area contributed by atoms with Crippen LogP contribution < -0.4 is 58.9 Å². The highest BCUT2D eigenvalue weighted by Gasteiger charge is 2.47. The van der Waals surface area contributed by atoms with Crippen molar-refractivity contribution in [1.29, 1.82) is 0 Å². The summed E-state index contributed by atoms with van der Waals surface area (Å²) in [7, 11) is -2.27. The number of carbonyl (C=O) groups excluding carboxylic acids is 6. The summed E-state index contributed by atoms with van der Waals surface area (Å²) in [6, 6.07) is 24.9. The fourth-order valence-electron chi connectivity index (χ4n) is 9.32. The van der Waals surface area contributed by atoms with Crippen molar-refractivity contribution >= 4 is 118 Å². The summed E-state index contributed by atoms with van der Waals surface area (Å²) in [6.45, 7) is 2.91. The van der Waals surface area contributed by atoms with Crippen LogP contribution in [-0.2, 0) is 76.0 Å². The lowest BCUT2D eigenvalue weighted by molar-refractivity contribution is -0.128. The number of anilines is 5. The summed E-state index contributed by atoms with van der Waals surface area (Å²) in [4.78, 5) is 82.3. The van der Waals surface area contributed by atoms with Gasteiger partial charge in [-0.3, -0.25) is 33.3 Å². The molecule has 0 saturated carbocycles. The van der Waals surface area contributed by atoms with E-state index in [1.165, 1.54) is 31.3 Å². The maximum absolute atomic E-state index is 14.3. The van der Waals surface area contributed by atoms with Gasteiger partial charge in [-0.15, -0.1) is 9.45 Å². The molecule has 3 aliphatic heterocycles. The molecule has 0 radical (unpaired) electrons. The number of halogens is 1. The monoisotopic (exact) mass is 1250 g/mol. The standard InChI is InChI=1S/C54H59IN8O13S3/c1-54(2,78(5)77)16-14-47(64)56-26-48(65)57-27-49(66)58-28-50(67)59-35-19-31(18-32(20-35)30-76-46-25-39(61-55)37(23-44(46)74-4)52(68)62-17-15-33-10-6-8-12-40(33)62)29-75-45-24-38-36(22-43(45)73-3)53(69)63-41-13-9-7-11-34(41)21-42(63)51(60-38)79(70,71)72/h6-13,18-20,22-25,42,51,60-61H,14-17,21,26-30H2,1-5H3,(H,56,64)(H,57,65)(H,58,66)(H,59,67)(H,70,71,72)/t42-,51?,78?/m0/s1. The highest BCUT2D eigenvalue weighted by molar-refractivity contribution is 14.1. The summed E-state index contributed by atoms with van der Waals surface area (Å²) in [5.74, 6) is -2.17. The minimum Gasteiger partial charge on any atom is -0.493 e. The van der Waals surface area contributed by atoms with Gasteiger partial charge in [0.25, 0.3) is 21.9 Å². The molecule has 21 nitrogen and oxygen atoms in total.